The molecule has 9 heteroatoms. The number of carbonyl (C=O) groups is 2. The van der Waals surface area contributed by atoms with Gasteiger partial charge in [0.25, 0.3) is 0 Å². The number of anilines is 1. The SMILES string of the molecule is CC(C)(C)OC(=O)N1CCN(c2nc3ccc(-c4cccc5c4CN(C(=O)OC(C)(C)C)C5)cc3cc2Cl)CC1. The minimum Gasteiger partial charge on any atom is -0.444 e. The Kier molecular flexibility index (Phi) is 7.33. The van der Waals surface area contributed by atoms with Crippen molar-refractivity contribution in [2.45, 2.75) is 65.8 Å². The molecule has 2 aromatic carbocycles. The summed E-state index contributed by atoms with van der Waals surface area (Å²) < 4.78 is 11.1. The molecule has 40 heavy (non-hydrogen) atoms. The summed E-state index contributed by atoms with van der Waals surface area (Å²) >= 11 is 6.75. The Balaban J connectivity index is 1.34. The molecule has 0 spiro atoms. The van der Waals surface area contributed by atoms with E-state index in [-0.39, 0.29) is 12.2 Å². The van der Waals surface area contributed by atoms with Gasteiger partial charge in [0.1, 0.15) is 17.0 Å². The second-order valence-electron chi connectivity index (χ2n) is 12.4. The van der Waals surface area contributed by atoms with Crippen molar-refractivity contribution in [1.82, 2.24) is 14.8 Å². The number of hydrogen-bond acceptors (Lipinski definition) is 6. The molecule has 0 unspecified atom stereocenters. The highest BCUT2D eigenvalue weighted by molar-refractivity contribution is 6.33. The Labute approximate surface area is 240 Å². The number of piperazine rings is 1. The number of aromatic nitrogens is 1. The van der Waals surface area contributed by atoms with Crippen molar-refractivity contribution in [3.05, 3.63) is 58.6 Å². The minimum absolute atomic E-state index is 0.293. The maximum Gasteiger partial charge on any atom is 0.410 e. The maximum absolute atomic E-state index is 12.7. The number of halogens is 1. The number of benzene rings is 2. The Morgan fingerprint density at radius 2 is 1.48 bits per heavy atom. The highest BCUT2D eigenvalue weighted by atomic mass is 35.5. The van der Waals surface area contributed by atoms with Crippen molar-refractivity contribution in [2.24, 2.45) is 0 Å². The summed E-state index contributed by atoms with van der Waals surface area (Å²) in [6.45, 7) is 14.6. The van der Waals surface area contributed by atoms with Crippen molar-refractivity contribution < 1.29 is 19.1 Å². The van der Waals surface area contributed by atoms with E-state index < -0.39 is 11.2 Å². The predicted molar refractivity (Wildman–Crippen MR) is 158 cm³/mol. The molecule has 0 radical (unpaired) electrons. The summed E-state index contributed by atoms with van der Waals surface area (Å²) in [7, 11) is 0. The molecule has 0 bridgehead atoms. The van der Waals surface area contributed by atoms with E-state index >= 15 is 0 Å². The molecule has 0 saturated carbocycles. The third-order valence-corrected chi connectivity index (χ3v) is 7.20. The fourth-order valence-electron chi connectivity index (χ4n) is 5.11. The van der Waals surface area contributed by atoms with Gasteiger partial charge in [0.05, 0.1) is 17.1 Å². The lowest BCUT2D eigenvalue weighted by molar-refractivity contribution is 0.0231. The van der Waals surface area contributed by atoms with Gasteiger partial charge in [-0.15, -0.1) is 0 Å². The lowest BCUT2D eigenvalue weighted by Crippen LogP contribution is -2.50. The van der Waals surface area contributed by atoms with E-state index in [1.807, 2.05) is 59.7 Å². The normalized spacial score (nSPS) is 15.8. The molecule has 212 valence electrons. The summed E-state index contributed by atoms with van der Waals surface area (Å²) in [5, 5.41) is 1.52. The number of hydrogen-bond donors (Lipinski definition) is 0. The second-order valence-corrected chi connectivity index (χ2v) is 12.8. The zero-order valence-electron chi connectivity index (χ0n) is 24.1. The van der Waals surface area contributed by atoms with E-state index in [9.17, 15) is 9.59 Å². The molecule has 5 rings (SSSR count). The van der Waals surface area contributed by atoms with Crippen molar-refractivity contribution in [2.75, 3.05) is 31.1 Å². The molecule has 2 amide bonds. The van der Waals surface area contributed by atoms with Gasteiger partial charge in [-0.2, -0.15) is 0 Å². The van der Waals surface area contributed by atoms with E-state index in [2.05, 4.69) is 29.2 Å². The monoisotopic (exact) mass is 564 g/mol. The van der Waals surface area contributed by atoms with Crippen LogP contribution >= 0.6 is 11.6 Å². The van der Waals surface area contributed by atoms with Gasteiger partial charge in [-0.3, -0.25) is 4.90 Å². The van der Waals surface area contributed by atoms with Crippen LogP contribution in [-0.4, -0.2) is 64.4 Å². The van der Waals surface area contributed by atoms with Gasteiger partial charge in [-0.05, 0) is 82.0 Å². The van der Waals surface area contributed by atoms with Gasteiger partial charge in [-0.25, -0.2) is 14.6 Å². The summed E-state index contributed by atoms with van der Waals surface area (Å²) in [5.41, 5.74) is 4.18. The molecular weight excluding hydrogens is 528 g/mol. The molecule has 1 fully saturated rings. The van der Waals surface area contributed by atoms with Crippen molar-refractivity contribution in [3.8, 4) is 11.1 Å². The van der Waals surface area contributed by atoms with E-state index in [0.717, 1.165) is 39.0 Å². The van der Waals surface area contributed by atoms with E-state index in [0.29, 0.717) is 44.3 Å². The van der Waals surface area contributed by atoms with Crippen LogP contribution in [0.25, 0.3) is 22.0 Å². The average Bonchev–Trinajstić information content (AvgIpc) is 3.31. The number of carbonyl (C=O) groups excluding carboxylic acids is 2. The molecule has 1 aromatic heterocycles. The van der Waals surface area contributed by atoms with Gasteiger partial charge < -0.3 is 19.3 Å². The zero-order valence-corrected chi connectivity index (χ0v) is 24.8. The van der Waals surface area contributed by atoms with Crippen LogP contribution in [0, 0.1) is 0 Å². The fourth-order valence-corrected chi connectivity index (χ4v) is 5.38. The standard InChI is InChI=1S/C31H37ClN4O4/c1-30(2,3)39-28(37)35-14-12-34(13-15-35)27-25(32)17-22-16-20(10-11-26(22)33-27)23-9-7-8-21-18-36(19-24(21)23)29(38)40-31(4,5)6/h7-11,16-17H,12-15,18-19H2,1-6H3. The molecular formula is C31H37ClN4O4. The van der Waals surface area contributed by atoms with Crippen LogP contribution in [0.2, 0.25) is 5.02 Å². The van der Waals surface area contributed by atoms with Gasteiger partial charge in [0.15, 0.2) is 0 Å². The summed E-state index contributed by atoms with van der Waals surface area (Å²) in [4.78, 5) is 35.6. The first-order valence-electron chi connectivity index (χ1n) is 13.7. The van der Waals surface area contributed by atoms with Gasteiger partial charge in [0, 0.05) is 38.1 Å². The van der Waals surface area contributed by atoms with Crippen LogP contribution in [0.1, 0.15) is 52.7 Å². The minimum atomic E-state index is -0.538. The lowest BCUT2D eigenvalue weighted by Gasteiger charge is -2.36. The molecule has 8 nitrogen and oxygen atoms in total. The van der Waals surface area contributed by atoms with Crippen LogP contribution in [0.15, 0.2) is 42.5 Å². The first-order chi connectivity index (χ1) is 18.8. The molecule has 1 saturated heterocycles. The number of nitrogens with zero attached hydrogens (tertiary/aromatic N) is 4. The molecule has 2 aliphatic heterocycles. The number of ether oxygens (including phenoxy) is 2. The lowest BCUT2D eigenvalue weighted by atomic mass is 9.96. The summed E-state index contributed by atoms with van der Waals surface area (Å²) in [5.74, 6) is 0.722. The smallest absolute Gasteiger partial charge is 0.410 e. The molecule has 3 aromatic rings. The van der Waals surface area contributed by atoms with Crippen molar-refractivity contribution in [3.63, 3.8) is 0 Å². The first-order valence-corrected chi connectivity index (χ1v) is 14.1. The maximum atomic E-state index is 12.7. The Morgan fingerprint density at radius 3 is 2.12 bits per heavy atom. The number of amides is 2. The summed E-state index contributed by atoms with van der Waals surface area (Å²) in [6.07, 6.45) is -0.595. The van der Waals surface area contributed by atoms with Gasteiger partial charge in [0.2, 0.25) is 0 Å². The largest absolute Gasteiger partial charge is 0.444 e. The first kappa shape index (κ1) is 28.0. The van der Waals surface area contributed by atoms with Crippen LogP contribution in [0.5, 0.6) is 0 Å². The van der Waals surface area contributed by atoms with E-state index in [1.54, 1.807) is 9.80 Å². The quantitative estimate of drug-likeness (QED) is 0.338. The second kappa shape index (κ2) is 10.5. The number of rotatable bonds is 2. The van der Waals surface area contributed by atoms with Gasteiger partial charge >= 0.3 is 12.2 Å². The third kappa shape index (κ3) is 6.12. The molecule has 2 aliphatic rings. The molecule has 3 heterocycles. The highest BCUT2D eigenvalue weighted by Crippen LogP contribution is 2.36. The summed E-state index contributed by atoms with van der Waals surface area (Å²) in [6, 6.07) is 14.3. The number of fused-ring (bicyclic) bond motifs is 2. The van der Waals surface area contributed by atoms with E-state index in [4.69, 9.17) is 26.1 Å². The van der Waals surface area contributed by atoms with Crippen molar-refractivity contribution in [1.29, 1.82) is 0 Å². The molecule has 0 N–H and O–H groups in total. The molecule has 0 atom stereocenters. The Morgan fingerprint density at radius 1 is 0.825 bits per heavy atom. The van der Waals surface area contributed by atoms with Crippen LogP contribution in [0.3, 0.4) is 0 Å². The van der Waals surface area contributed by atoms with Gasteiger partial charge in [-0.1, -0.05) is 35.9 Å². The Bertz CT molecular complexity index is 1450. The van der Waals surface area contributed by atoms with Crippen molar-refractivity contribution >= 4 is 40.5 Å². The third-order valence-electron chi connectivity index (χ3n) is 6.93. The van der Waals surface area contributed by atoms with Crippen LogP contribution in [-0.2, 0) is 22.6 Å². The average molecular weight is 565 g/mol. The number of pyridine rings is 1. The predicted octanol–water partition coefficient (Wildman–Crippen LogP) is 6.86. The topological polar surface area (TPSA) is 75.2 Å². The Hall–Kier alpha value is -3.52. The fraction of sp³-hybridized carbons (Fsp3) is 0.452. The van der Waals surface area contributed by atoms with Crippen LogP contribution in [0.4, 0.5) is 15.4 Å². The van der Waals surface area contributed by atoms with Crippen LogP contribution < -0.4 is 4.90 Å². The highest BCUT2D eigenvalue weighted by Gasteiger charge is 2.30. The van der Waals surface area contributed by atoms with E-state index in [1.165, 1.54) is 0 Å². The molecule has 0 aliphatic carbocycles. The zero-order chi connectivity index (χ0) is 28.8.